The van der Waals surface area contributed by atoms with Gasteiger partial charge in [0, 0.05) is 56.2 Å². The highest BCUT2D eigenvalue weighted by atomic mass is 16.5. The van der Waals surface area contributed by atoms with Gasteiger partial charge in [-0.3, -0.25) is 14.4 Å². The standard InChI is InChI=1S/C33H38N4O4/c1-3-28(25-7-5-4-6-8-25)32(39)36-17-15-35(16-18-36)30-14-13-27(34-31(38)26-11-9-24(2)10-12-26)23-29(30)33(40)37-19-21-41-22-20-37/h4-14,23,28H,3,15-22H2,1-2H3,(H,34,38)/t28-/m1/s1. The van der Waals surface area contributed by atoms with Crippen molar-refractivity contribution in [1.82, 2.24) is 9.80 Å². The molecule has 1 N–H and O–H groups in total. The predicted molar refractivity (Wildman–Crippen MR) is 161 cm³/mol. The fourth-order valence-corrected chi connectivity index (χ4v) is 5.53. The van der Waals surface area contributed by atoms with Crippen LogP contribution in [0.4, 0.5) is 11.4 Å². The fraction of sp³-hybridized carbons (Fsp3) is 0.364. The highest BCUT2D eigenvalue weighted by molar-refractivity contribution is 6.06. The summed E-state index contributed by atoms with van der Waals surface area (Å²) < 4.78 is 5.46. The third-order valence-electron chi connectivity index (χ3n) is 7.94. The number of morpholine rings is 1. The van der Waals surface area contributed by atoms with Gasteiger partial charge in [-0.15, -0.1) is 0 Å². The zero-order valence-electron chi connectivity index (χ0n) is 23.8. The summed E-state index contributed by atoms with van der Waals surface area (Å²) in [6, 6.07) is 22.9. The Morgan fingerprint density at radius 1 is 0.829 bits per heavy atom. The minimum absolute atomic E-state index is 0.0802. The summed E-state index contributed by atoms with van der Waals surface area (Å²) in [5.74, 6) is -0.309. The lowest BCUT2D eigenvalue weighted by Crippen LogP contribution is -2.50. The van der Waals surface area contributed by atoms with E-state index in [0.29, 0.717) is 69.3 Å². The molecule has 214 valence electrons. The number of carbonyl (C=O) groups excluding carboxylic acids is 3. The second-order valence-electron chi connectivity index (χ2n) is 10.6. The molecular weight excluding hydrogens is 516 g/mol. The van der Waals surface area contributed by atoms with Gasteiger partial charge in [0.05, 0.1) is 24.7 Å². The molecule has 8 heteroatoms. The van der Waals surface area contributed by atoms with Crippen LogP contribution in [0.5, 0.6) is 0 Å². The van der Waals surface area contributed by atoms with Crippen LogP contribution in [0.25, 0.3) is 0 Å². The summed E-state index contributed by atoms with van der Waals surface area (Å²) in [7, 11) is 0. The maximum atomic E-state index is 13.7. The Morgan fingerprint density at radius 2 is 1.51 bits per heavy atom. The van der Waals surface area contributed by atoms with Crippen molar-refractivity contribution >= 4 is 29.1 Å². The number of carbonyl (C=O) groups is 3. The Balaban J connectivity index is 1.34. The normalized spacial score (nSPS) is 16.3. The zero-order valence-corrected chi connectivity index (χ0v) is 23.8. The molecule has 3 aromatic carbocycles. The average Bonchev–Trinajstić information content (AvgIpc) is 3.02. The predicted octanol–water partition coefficient (Wildman–Crippen LogP) is 4.56. The van der Waals surface area contributed by atoms with Crippen LogP contribution < -0.4 is 10.2 Å². The third-order valence-corrected chi connectivity index (χ3v) is 7.94. The minimum Gasteiger partial charge on any atom is -0.378 e. The number of nitrogens with zero attached hydrogens (tertiary/aromatic N) is 3. The number of amides is 3. The largest absolute Gasteiger partial charge is 0.378 e. The number of hydrogen-bond acceptors (Lipinski definition) is 5. The maximum absolute atomic E-state index is 13.7. The summed E-state index contributed by atoms with van der Waals surface area (Å²) in [5.41, 5.74) is 4.61. The van der Waals surface area contributed by atoms with Crippen molar-refractivity contribution in [2.45, 2.75) is 26.2 Å². The molecule has 8 nitrogen and oxygen atoms in total. The van der Waals surface area contributed by atoms with E-state index in [-0.39, 0.29) is 23.6 Å². The van der Waals surface area contributed by atoms with Gasteiger partial charge in [-0.25, -0.2) is 0 Å². The Hall–Kier alpha value is -4.17. The van der Waals surface area contributed by atoms with E-state index in [1.165, 1.54) is 0 Å². The van der Waals surface area contributed by atoms with Crippen molar-refractivity contribution in [1.29, 1.82) is 0 Å². The van der Waals surface area contributed by atoms with Crippen LogP contribution in [-0.4, -0.2) is 80.0 Å². The van der Waals surface area contributed by atoms with Crippen LogP contribution in [0.2, 0.25) is 0 Å². The van der Waals surface area contributed by atoms with E-state index in [1.54, 1.807) is 23.1 Å². The average molecular weight is 555 g/mol. The SMILES string of the molecule is CC[C@@H](C(=O)N1CCN(c2ccc(NC(=O)c3ccc(C)cc3)cc2C(=O)N2CCOCC2)CC1)c1ccccc1. The van der Waals surface area contributed by atoms with Crippen molar-refractivity contribution < 1.29 is 19.1 Å². The second-order valence-corrected chi connectivity index (χ2v) is 10.6. The first-order valence-corrected chi connectivity index (χ1v) is 14.4. The first kappa shape index (κ1) is 28.4. The van der Waals surface area contributed by atoms with Crippen LogP contribution >= 0.6 is 0 Å². The number of aryl methyl sites for hydroxylation is 1. The summed E-state index contributed by atoms with van der Waals surface area (Å²) in [6.45, 7) is 8.50. The molecule has 1 atom stereocenters. The van der Waals surface area contributed by atoms with E-state index in [2.05, 4.69) is 17.1 Å². The molecular formula is C33H38N4O4. The molecule has 2 fully saturated rings. The molecule has 0 unspecified atom stereocenters. The summed E-state index contributed by atoms with van der Waals surface area (Å²) in [5, 5.41) is 2.96. The van der Waals surface area contributed by atoms with E-state index in [9.17, 15) is 14.4 Å². The van der Waals surface area contributed by atoms with Gasteiger partial charge in [0.1, 0.15) is 0 Å². The van der Waals surface area contributed by atoms with Crippen molar-refractivity contribution in [3.8, 4) is 0 Å². The quantitative estimate of drug-likeness (QED) is 0.463. The smallest absolute Gasteiger partial charge is 0.256 e. The summed E-state index contributed by atoms with van der Waals surface area (Å²) in [4.78, 5) is 46.0. The van der Waals surface area contributed by atoms with Gasteiger partial charge in [-0.05, 0) is 49.2 Å². The first-order valence-electron chi connectivity index (χ1n) is 14.4. The van der Waals surface area contributed by atoms with E-state index < -0.39 is 0 Å². The number of piperazine rings is 1. The van der Waals surface area contributed by atoms with Gasteiger partial charge in [-0.1, -0.05) is 55.0 Å². The molecule has 2 aliphatic heterocycles. The van der Waals surface area contributed by atoms with Gasteiger partial charge in [0.2, 0.25) is 5.91 Å². The molecule has 0 aromatic heterocycles. The molecule has 0 aliphatic carbocycles. The summed E-state index contributed by atoms with van der Waals surface area (Å²) in [6.07, 6.45) is 0.747. The van der Waals surface area contributed by atoms with Crippen molar-refractivity contribution in [2.24, 2.45) is 0 Å². The summed E-state index contributed by atoms with van der Waals surface area (Å²) >= 11 is 0. The van der Waals surface area contributed by atoms with E-state index in [4.69, 9.17) is 4.74 Å². The molecule has 2 heterocycles. The molecule has 0 radical (unpaired) electrons. The van der Waals surface area contributed by atoms with E-state index in [1.807, 2.05) is 66.4 Å². The lowest BCUT2D eigenvalue weighted by Gasteiger charge is -2.38. The molecule has 2 saturated heterocycles. The lowest BCUT2D eigenvalue weighted by molar-refractivity contribution is -0.133. The van der Waals surface area contributed by atoms with Gasteiger partial charge in [0.15, 0.2) is 0 Å². The second kappa shape index (κ2) is 13.0. The number of nitrogens with one attached hydrogen (secondary N) is 1. The molecule has 3 aromatic rings. The lowest BCUT2D eigenvalue weighted by atomic mass is 9.94. The van der Waals surface area contributed by atoms with Gasteiger partial charge < -0.3 is 24.8 Å². The Bertz CT molecular complexity index is 1360. The van der Waals surface area contributed by atoms with E-state index >= 15 is 0 Å². The van der Waals surface area contributed by atoms with E-state index in [0.717, 1.165) is 23.2 Å². The maximum Gasteiger partial charge on any atom is 0.256 e. The van der Waals surface area contributed by atoms with Crippen molar-refractivity contribution in [3.63, 3.8) is 0 Å². The molecule has 3 amide bonds. The fourth-order valence-electron chi connectivity index (χ4n) is 5.53. The topological polar surface area (TPSA) is 82.2 Å². The Kier molecular flexibility index (Phi) is 8.99. The zero-order chi connectivity index (χ0) is 28.8. The highest BCUT2D eigenvalue weighted by Gasteiger charge is 2.30. The first-order chi connectivity index (χ1) is 19.9. The monoisotopic (exact) mass is 554 g/mol. The van der Waals surface area contributed by atoms with Crippen molar-refractivity contribution in [3.05, 3.63) is 95.1 Å². The van der Waals surface area contributed by atoms with Gasteiger partial charge >= 0.3 is 0 Å². The molecule has 0 bridgehead atoms. The number of benzene rings is 3. The molecule has 2 aliphatic rings. The van der Waals surface area contributed by atoms with Crippen LogP contribution in [0, 0.1) is 6.92 Å². The molecule has 0 spiro atoms. The Labute approximate surface area is 241 Å². The third kappa shape index (κ3) is 6.60. The number of anilines is 2. The number of rotatable bonds is 7. The van der Waals surface area contributed by atoms with Gasteiger partial charge in [0.25, 0.3) is 11.8 Å². The molecule has 41 heavy (non-hydrogen) atoms. The van der Waals surface area contributed by atoms with Crippen LogP contribution in [0.15, 0.2) is 72.8 Å². The number of hydrogen-bond donors (Lipinski definition) is 1. The van der Waals surface area contributed by atoms with Crippen molar-refractivity contribution in [2.75, 3.05) is 62.7 Å². The minimum atomic E-state index is -0.224. The molecule has 5 rings (SSSR count). The van der Waals surface area contributed by atoms with Crippen LogP contribution in [0.1, 0.15) is 51.1 Å². The van der Waals surface area contributed by atoms with Crippen LogP contribution in [-0.2, 0) is 9.53 Å². The highest BCUT2D eigenvalue weighted by Crippen LogP contribution is 2.29. The van der Waals surface area contributed by atoms with Crippen LogP contribution in [0.3, 0.4) is 0 Å². The molecule has 0 saturated carbocycles. The van der Waals surface area contributed by atoms with Gasteiger partial charge in [-0.2, -0.15) is 0 Å². The number of ether oxygens (including phenoxy) is 1. The Morgan fingerprint density at radius 3 is 2.17 bits per heavy atom.